The average molecular weight is 416 g/mol. The van der Waals surface area contributed by atoms with Gasteiger partial charge in [0.25, 0.3) is 5.56 Å². The van der Waals surface area contributed by atoms with Crippen molar-refractivity contribution in [2.75, 3.05) is 0 Å². The first kappa shape index (κ1) is 16.3. The van der Waals surface area contributed by atoms with Crippen LogP contribution in [0.4, 0.5) is 0 Å². The highest BCUT2D eigenvalue weighted by molar-refractivity contribution is 9.10. The first-order valence-electron chi connectivity index (χ1n) is 7.68. The van der Waals surface area contributed by atoms with E-state index < -0.39 is 6.10 Å². The van der Waals surface area contributed by atoms with E-state index in [1.807, 2.05) is 41.8 Å². The van der Waals surface area contributed by atoms with Crippen LogP contribution in [0.25, 0.3) is 16.1 Å². The Labute approximate surface area is 155 Å². The molecule has 4 aromatic rings. The van der Waals surface area contributed by atoms with Gasteiger partial charge in [-0.1, -0.05) is 34.1 Å². The van der Waals surface area contributed by atoms with Gasteiger partial charge in [-0.2, -0.15) is 5.10 Å². The number of thiophene rings is 1. The summed E-state index contributed by atoms with van der Waals surface area (Å²) < 4.78 is 3.99. The zero-order chi connectivity index (χ0) is 17.4. The average Bonchev–Trinajstić information content (AvgIpc) is 3.26. The Bertz CT molecular complexity index is 1090. The van der Waals surface area contributed by atoms with Crippen LogP contribution in [0.3, 0.4) is 0 Å². The number of hydrogen-bond donors (Lipinski definition) is 1. The van der Waals surface area contributed by atoms with Gasteiger partial charge in [-0.3, -0.25) is 4.79 Å². The molecule has 0 aliphatic heterocycles. The third-order valence-electron chi connectivity index (χ3n) is 3.98. The van der Waals surface area contributed by atoms with Gasteiger partial charge >= 0.3 is 0 Å². The van der Waals surface area contributed by atoms with Crippen molar-refractivity contribution in [3.05, 3.63) is 80.6 Å². The van der Waals surface area contributed by atoms with Crippen LogP contribution in [0, 0.1) is 0 Å². The van der Waals surface area contributed by atoms with E-state index in [1.54, 1.807) is 34.3 Å². The molecule has 0 aliphatic rings. The molecular weight excluding hydrogens is 402 g/mol. The maximum Gasteiger partial charge on any atom is 0.276 e. The number of fused-ring (bicyclic) bond motifs is 1. The molecule has 25 heavy (non-hydrogen) atoms. The first-order chi connectivity index (χ1) is 12.1. The molecule has 0 aliphatic carbocycles. The van der Waals surface area contributed by atoms with Crippen LogP contribution >= 0.6 is 27.3 Å². The normalized spacial score (nSPS) is 12.6. The minimum Gasteiger partial charge on any atom is -0.387 e. The fraction of sp³-hybridized carbons (Fsp3) is 0.111. The van der Waals surface area contributed by atoms with E-state index in [0.717, 1.165) is 20.6 Å². The van der Waals surface area contributed by atoms with Crippen LogP contribution in [-0.2, 0) is 6.54 Å². The van der Waals surface area contributed by atoms with Crippen molar-refractivity contribution >= 4 is 32.8 Å². The number of hydrogen-bond acceptors (Lipinski definition) is 4. The molecule has 1 atom stereocenters. The minimum absolute atomic E-state index is 0.174. The summed E-state index contributed by atoms with van der Waals surface area (Å²) in [6, 6.07) is 13.2. The van der Waals surface area contributed by atoms with Gasteiger partial charge in [0.2, 0.25) is 0 Å². The molecule has 3 heterocycles. The van der Waals surface area contributed by atoms with E-state index in [4.69, 9.17) is 0 Å². The summed E-state index contributed by atoms with van der Waals surface area (Å²) in [5.74, 6) is 0. The highest BCUT2D eigenvalue weighted by atomic mass is 79.9. The van der Waals surface area contributed by atoms with Gasteiger partial charge in [0.15, 0.2) is 0 Å². The van der Waals surface area contributed by atoms with Crippen LogP contribution in [0.2, 0.25) is 0 Å². The van der Waals surface area contributed by atoms with Crippen molar-refractivity contribution in [3.8, 4) is 10.6 Å². The molecule has 0 spiro atoms. The van der Waals surface area contributed by atoms with Gasteiger partial charge in [-0.25, -0.2) is 4.52 Å². The van der Waals surface area contributed by atoms with Crippen LogP contribution in [0.15, 0.2) is 69.5 Å². The third kappa shape index (κ3) is 3.18. The van der Waals surface area contributed by atoms with Gasteiger partial charge < -0.3 is 9.67 Å². The Hall–Kier alpha value is -2.22. The molecule has 1 unspecified atom stereocenters. The van der Waals surface area contributed by atoms with Gasteiger partial charge in [-0.15, -0.1) is 11.3 Å². The van der Waals surface area contributed by atoms with Crippen molar-refractivity contribution in [1.82, 2.24) is 14.2 Å². The molecule has 0 radical (unpaired) electrons. The molecule has 4 rings (SSSR count). The van der Waals surface area contributed by atoms with Crippen molar-refractivity contribution in [2.45, 2.75) is 12.6 Å². The Morgan fingerprint density at radius 3 is 2.84 bits per heavy atom. The Morgan fingerprint density at radius 1 is 1.20 bits per heavy atom. The summed E-state index contributed by atoms with van der Waals surface area (Å²) in [4.78, 5) is 13.7. The van der Waals surface area contributed by atoms with Crippen LogP contribution in [0.5, 0.6) is 0 Å². The topological polar surface area (TPSA) is 59.5 Å². The zero-order valence-electron chi connectivity index (χ0n) is 13.0. The predicted molar refractivity (Wildman–Crippen MR) is 102 cm³/mol. The van der Waals surface area contributed by atoms with E-state index >= 15 is 0 Å². The van der Waals surface area contributed by atoms with Crippen LogP contribution < -0.4 is 5.56 Å². The van der Waals surface area contributed by atoms with Crippen molar-refractivity contribution in [2.24, 2.45) is 0 Å². The number of aliphatic hydroxyl groups is 1. The SMILES string of the molecule is O=c1c2cc(-c3cccs3)nn2ccn1CC(O)c1cccc(Br)c1. The Balaban J connectivity index is 1.68. The molecule has 7 heteroatoms. The van der Waals surface area contributed by atoms with Crippen LogP contribution in [0.1, 0.15) is 11.7 Å². The van der Waals surface area contributed by atoms with E-state index in [0.29, 0.717) is 5.52 Å². The monoisotopic (exact) mass is 415 g/mol. The number of benzene rings is 1. The van der Waals surface area contributed by atoms with E-state index in [9.17, 15) is 9.90 Å². The van der Waals surface area contributed by atoms with E-state index in [1.165, 1.54) is 4.57 Å². The van der Waals surface area contributed by atoms with E-state index in [-0.39, 0.29) is 12.1 Å². The molecule has 5 nitrogen and oxygen atoms in total. The lowest BCUT2D eigenvalue weighted by atomic mass is 10.1. The molecule has 0 amide bonds. The van der Waals surface area contributed by atoms with Crippen molar-refractivity contribution < 1.29 is 5.11 Å². The molecule has 1 N–H and O–H groups in total. The maximum absolute atomic E-state index is 12.7. The fourth-order valence-electron chi connectivity index (χ4n) is 2.72. The lowest BCUT2D eigenvalue weighted by Gasteiger charge is -2.13. The fourth-order valence-corrected chi connectivity index (χ4v) is 3.82. The first-order valence-corrected chi connectivity index (χ1v) is 9.35. The Morgan fingerprint density at radius 2 is 2.08 bits per heavy atom. The van der Waals surface area contributed by atoms with Gasteiger partial charge in [-0.05, 0) is 35.2 Å². The molecule has 3 aromatic heterocycles. The van der Waals surface area contributed by atoms with Crippen molar-refractivity contribution in [3.63, 3.8) is 0 Å². The third-order valence-corrected chi connectivity index (χ3v) is 5.37. The summed E-state index contributed by atoms with van der Waals surface area (Å²) in [5.41, 5.74) is 1.85. The smallest absolute Gasteiger partial charge is 0.276 e. The number of aromatic nitrogens is 3. The summed E-state index contributed by atoms with van der Waals surface area (Å²) in [6.45, 7) is 0.186. The zero-order valence-corrected chi connectivity index (χ0v) is 15.4. The van der Waals surface area contributed by atoms with Gasteiger partial charge in [0.05, 0.1) is 17.5 Å². The van der Waals surface area contributed by atoms with Crippen molar-refractivity contribution in [1.29, 1.82) is 0 Å². The lowest BCUT2D eigenvalue weighted by Crippen LogP contribution is -2.24. The molecule has 1 aromatic carbocycles. The second-order valence-corrected chi connectivity index (χ2v) is 7.53. The lowest BCUT2D eigenvalue weighted by molar-refractivity contribution is 0.155. The largest absolute Gasteiger partial charge is 0.387 e. The molecule has 0 saturated heterocycles. The minimum atomic E-state index is -0.766. The second-order valence-electron chi connectivity index (χ2n) is 5.66. The Kier molecular flexibility index (Phi) is 4.29. The molecule has 0 saturated carbocycles. The maximum atomic E-state index is 12.7. The highest BCUT2D eigenvalue weighted by Gasteiger charge is 2.13. The van der Waals surface area contributed by atoms with Gasteiger partial charge in [0.1, 0.15) is 11.2 Å². The van der Waals surface area contributed by atoms with E-state index in [2.05, 4.69) is 21.0 Å². The molecular formula is C18H14BrN3O2S. The number of halogens is 1. The van der Waals surface area contributed by atoms with Crippen LogP contribution in [-0.4, -0.2) is 19.3 Å². The number of aliphatic hydroxyl groups excluding tert-OH is 1. The quantitative estimate of drug-likeness (QED) is 0.552. The molecule has 0 fully saturated rings. The number of nitrogens with zero attached hydrogens (tertiary/aromatic N) is 3. The summed E-state index contributed by atoms with van der Waals surface area (Å²) in [6.07, 6.45) is 2.63. The number of rotatable bonds is 4. The standard InChI is InChI=1S/C18H14BrN3O2S/c19-13-4-1-3-12(9-13)16(23)11-21-6-7-22-15(18(21)24)10-14(20-22)17-5-2-8-25-17/h1-10,16,23H,11H2. The highest BCUT2D eigenvalue weighted by Crippen LogP contribution is 2.24. The molecule has 0 bridgehead atoms. The molecule has 126 valence electrons. The summed E-state index contributed by atoms with van der Waals surface area (Å²) in [5, 5.41) is 16.9. The predicted octanol–water partition coefficient (Wildman–Crippen LogP) is 3.72. The summed E-state index contributed by atoms with van der Waals surface area (Å²) in [7, 11) is 0. The summed E-state index contributed by atoms with van der Waals surface area (Å²) >= 11 is 4.98. The second kappa shape index (κ2) is 6.59. The van der Waals surface area contributed by atoms with Gasteiger partial charge in [0, 0.05) is 16.9 Å².